The van der Waals surface area contributed by atoms with Gasteiger partial charge >= 0.3 is 0 Å². The van der Waals surface area contributed by atoms with E-state index in [0.717, 1.165) is 93.2 Å². The van der Waals surface area contributed by atoms with E-state index in [-0.39, 0.29) is 33.6 Å². The monoisotopic (exact) mass is 1760 g/mol. The molecule has 0 aliphatic carbocycles. The molecule has 14 heteroatoms. The van der Waals surface area contributed by atoms with Crippen LogP contribution in [0.2, 0.25) is 0 Å². The SMILES string of the molecule is C1CCNC1.CC(C)(C)N1CCCCC1.CC(C)(C)N1CCc2ccccc21.CC(C)(C)N1CCc2ccccc2C1=O.CC(C)(C)N1CCc2cccnc21.CC(C)C.CC(C)C.CC(C)C.CC(C)CNC(C)(C)C.CC(CNC(C)(C)C)c1ccccc1.CC1CCNC1.CCCNC(C)(C)C.CN1CCN(C(C)(C)C)CC1.c1ccc(C2CCNC2)cc1. The van der Waals surface area contributed by atoms with Crippen LogP contribution < -0.4 is 41.7 Å². The number of hydrogen-bond acceptors (Lipinski definition) is 13. The van der Waals surface area contributed by atoms with Gasteiger partial charge in [0.15, 0.2) is 0 Å². The van der Waals surface area contributed by atoms with Crippen LogP contribution in [0.15, 0.2) is 128 Å². The van der Waals surface area contributed by atoms with Crippen LogP contribution in [0.4, 0.5) is 11.5 Å². The number of likely N-dealkylation sites (tertiary alicyclic amines) is 1. The predicted octanol–water partition coefficient (Wildman–Crippen LogP) is 25.6. The molecule has 5 saturated heterocycles. The van der Waals surface area contributed by atoms with Crippen LogP contribution in [0.25, 0.3) is 0 Å². The van der Waals surface area contributed by atoms with Gasteiger partial charge in [0.25, 0.3) is 5.91 Å². The van der Waals surface area contributed by atoms with E-state index in [2.05, 4.69) is 423 Å². The lowest BCUT2D eigenvalue weighted by Gasteiger charge is -2.41. The summed E-state index contributed by atoms with van der Waals surface area (Å²) in [6.45, 7) is 105. The zero-order valence-corrected chi connectivity index (χ0v) is 90.7. The maximum atomic E-state index is 12.2. The number of aromatic nitrogens is 1. The Morgan fingerprint density at radius 3 is 1.22 bits per heavy atom. The van der Waals surface area contributed by atoms with Crippen LogP contribution >= 0.6 is 0 Å². The molecule has 6 N–H and O–H groups in total. The van der Waals surface area contributed by atoms with E-state index in [4.69, 9.17) is 0 Å². The second-order valence-corrected chi connectivity index (χ2v) is 47.0. The number of amides is 1. The molecular formula is C113H209N13O. The van der Waals surface area contributed by atoms with Crippen molar-refractivity contribution in [3.63, 3.8) is 0 Å². The van der Waals surface area contributed by atoms with Crippen molar-refractivity contribution in [2.45, 2.75) is 390 Å². The second kappa shape index (κ2) is 63.0. The van der Waals surface area contributed by atoms with Crippen molar-refractivity contribution < 1.29 is 4.79 Å². The number of carbonyl (C=O) groups excluding carboxylic acids is 1. The number of piperidine rings is 1. The third kappa shape index (κ3) is 61.2. The van der Waals surface area contributed by atoms with Gasteiger partial charge in [0, 0.05) is 121 Å². The molecule has 9 heterocycles. The summed E-state index contributed by atoms with van der Waals surface area (Å²) in [5, 5.41) is 20.2. The summed E-state index contributed by atoms with van der Waals surface area (Å²) in [7, 11) is 2.19. The zero-order valence-electron chi connectivity index (χ0n) is 90.7. The molecule has 0 bridgehead atoms. The summed E-state index contributed by atoms with van der Waals surface area (Å²) in [6, 6.07) is 42.2. The van der Waals surface area contributed by atoms with E-state index >= 15 is 0 Å². The Balaban J connectivity index is 0.00000137. The summed E-state index contributed by atoms with van der Waals surface area (Å²) >= 11 is 0. The zero-order chi connectivity index (χ0) is 97.0. The predicted molar refractivity (Wildman–Crippen MR) is 567 cm³/mol. The largest absolute Gasteiger partial charge is 0.366 e. The highest BCUT2D eigenvalue weighted by Gasteiger charge is 2.33. The molecular weight excluding hydrogens is 1560 g/mol. The van der Waals surface area contributed by atoms with Gasteiger partial charge in [-0.1, -0.05) is 206 Å². The van der Waals surface area contributed by atoms with Gasteiger partial charge < -0.3 is 51.5 Å². The molecule has 3 unspecified atom stereocenters. The summed E-state index contributed by atoms with van der Waals surface area (Å²) in [5.41, 5.74) is 11.2. The summed E-state index contributed by atoms with van der Waals surface area (Å²) in [6.07, 6.45) is 16.1. The van der Waals surface area contributed by atoms with Gasteiger partial charge in [-0.3, -0.25) is 14.6 Å². The lowest BCUT2D eigenvalue weighted by Crippen LogP contribution is -2.52. The van der Waals surface area contributed by atoms with Gasteiger partial charge in [-0.25, -0.2) is 4.98 Å². The van der Waals surface area contributed by atoms with E-state index in [0.29, 0.717) is 22.5 Å². The highest BCUT2D eigenvalue weighted by atomic mass is 16.2. The first-order valence-corrected chi connectivity index (χ1v) is 50.4. The Bertz CT molecular complexity index is 3370. The number of carbonyl (C=O) groups is 1. The molecule has 5 fully saturated rings. The lowest BCUT2D eigenvalue weighted by molar-refractivity contribution is 0.0562. The number of rotatable bonds is 8. The maximum absolute atomic E-state index is 12.2. The van der Waals surface area contributed by atoms with Crippen LogP contribution in [0.3, 0.4) is 0 Å². The molecule has 1 amide bonds. The number of fused-ring (bicyclic) bond motifs is 3. The van der Waals surface area contributed by atoms with Crippen molar-refractivity contribution in [2.75, 3.05) is 135 Å². The second-order valence-electron chi connectivity index (χ2n) is 47.0. The van der Waals surface area contributed by atoms with Gasteiger partial charge in [0.05, 0.1) is 0 Å². The first kappa shape index (κ1) is 122. The third-order valence-corrected chi connectivity index (χ3v) is 21.7. The smallest absolute Gasteiger partial charge is 0.254 e. The average molecular weight is 1770 g/mol. The van der Waals surface area contributed by atoms with Crippen molar-refractivity contribution in [2.24, 2.45) is 29.6 Å². The molecule has 1 aromatic heterocycles. The summed E-state index contributed by atoms with van der Waals surface area (Å²) in [5.74, 6) is 6.88. The molecule has 13 rings (SSSR count). The summed E-state index contributed by atoms with van der Waals surface area (Å²) < 4.78 is 0. The van der Waals surface area contributed by atoms with Gasteiger partial charge in [-0.15, -0.1) is 0 Å². The molecule has 5 aromatic rings. The Kier molecular flexibility index (Phi) is 60.4. The molecule has 8 aliphatic rings. The topological polar surface area (TPSA) is 122 Å². The van der Waals surface area contributed by atoms with E-state index in [1.807, 2.05) is 41.4 Å². The molecule has 4 aromatic carbocycles. The van der Waals surface area contributed by atoms with Crippen LogP contribution in [0.5, 0.6) is 0 Å². The minimum Gasteiger partial charge on any atom is -0.366 e. The number of hydrogen-bond donors (Lipinski definition) is 6. The number of anilines is 2. The number of benzene rings is 4. The first-order chi connectivity index (χ1) is 58.8. The fourth-order valence-corrected chi connectivity index (χ4v) is 14.5. The number of nitrogens with one attached hydrogen (secondary N) is 6. The first-order valence-electron chi connectivity index (χ1n) is 50.4. The number of nitrogens with zero attached hydrogens (tertiary/aromatic N) is 7. The van der Waals surface area contributed by atoms with E-state index in [9.17, 15) is 4.79 Å². The third-order valence-electron chi connectivity index (χ3n) is 21.7. The number of para-hydroxylation sites is 1. The van der Waals surface area contributed by atoms with Crippen molar-refractivity contribution in [1.82, 2.24) is 56.5 Å². The number of pyridine rings is 1. The molecule has 8 aliphatic heterocycles. The van der Waals surface area contributed by atoms with Crippen molar-refractivity contribution in [1.29, 1.82) is 0 Å². The molecule has 0 spiro atoms. The van der Waals surface area contributed by atoms with E-state index in [1.165, 1.54) is 176 Å². The highest BCUT2D eigenvalue weighted by molar-refractivity contribution is 5.97. The molecule has 732 valence electrons. The number of piperazine rings is 1. The van der Waals surface area contributed by atoms with Crippen LogP contribution in [0, 0.1) is 29.6 Å². The van der Waals surface area contributed by atoms with Crippen LogP contribution in [-0.2, 0) is 19.3 Å². The normalized spacial score (nSPS) is 17.8. The minimum atomic E-state index is -0.0788. The standard InChI is InChI=1S/C13H17NO.C13H21N.C12H17N.C11H16N2.C10H13N.C9H20N2.C9H19N.C8H19N.C7H17N.C5H11N.C4H9N.3C4H10/c1-13(2,3)14-9-8-10-6-4-5-7-11(10)12(14)15;1-11(10-14-13(2,3)4)12-8-6-5-7-9-12;1-12(2,3)13-9-8-10-6-4-5-7-11(10)13;1-11(2,3)13-8-6-9-5-4-7-12-10(9)13;1-2-4-9(5-3-1)10-6-7-11-8-10;1-9(2,3)11-7-5-10(4)6-8-11;1-9(2,3)10-7-5-4-6-8-10;1-7(2)6-9-8(3,4)5;1-5-6-8-7(2,3)4;1-5-2-3-6-4-5;1-2-4-5-3-1;3*1-4(2)3/h4-7H,8-9H2,1-3H3;5-9,11,14H,10H2,1-4H3;4-7H,8-9H2,1-3H3;4-5,7H,6,8H2,1-3H3;1-5,10-11H,6-8H2;5-8H2,1-4H3;4-8H2,1-3H3;7,9H,6H2,1-5H3;8H,5-6H2,1-4H3;5-6H,2-4H2,1H3;5H,1-4H2;3*4H,1-3H3. The molecule has 0 saturated carbocycles. The fourth-order valence-electron chi connectivity index (χ4n) is 14.5. The van der Waals surface area contributed by atoms with Crippen molar-refractivity contribution >= 4 is 17.4 Å². The average Bonchev–Trinajstić information content (AvgIpc) is 1.45. The lowest BCUT2D eigenvalue weighted by atomic mass is 9.94. The molecule has 0 radical (unpaired) electrons. The Morgan fingerprint density at radius 2 is 0.819 bits per heavy atom. The van der Waals surface area contributed by atoms with E-state index in [1.54, 1.807) is 0 Å². The molecule has 3 atom stereocenters. The highest BCUT2D eigenvalue weighted by Crippen LogP contribution is 2.34. The summed E-state index contributed by atoms with van der Waals surface area (Å²) in [4.78, 5) is 31.0. The van der Waals surface area contributed by atoms with Crippen LogP contribution in [0.1, 0.15) is 364 Å². The number of likely N-dealkylation sites (N-methyl/N-ethyl adjacent to an activating group) is 1. The Morgan fingerprint density at radius 1 is 0.402 bits per heavy atom. The molecule has 127 heavy (non-hydrogen) atoms. The van der Waals surface area contributed by atoms with Crippen molar-refractivity contribution in [3.8, 4) is 0 Å². The Labute approximate surface area is 789 Å². The maximum Gasteiger partial charge on any atom is 0.254 e. The van der Waals surface area contributed by atoms with Gasteiger partial charge in [0.2, 0.25) is 0 Å². The van der Waals surface area contributed by atoms with Crippen molar-refractivity contribution in [3.05, 3.63) is 161 Å². The quantitative estimate of drug-likeness (QED) is 0.0885. The molecule has 14 nitrogen and oxygen atoms in total. The van der Waals surface area contributed by atoms with Gasteiger partial charge in [-0.2, -0.15) is 0 Å². The van der Waals surface area contributed by atoms with Gasteiger partial charge in [-0.05, 0) is 384 Å². The van der Waals surface area contributed by atoms with Crippen LogP contribution in [-0.4, -0.2) is 200 Å². The Hall–Kier alpha value is -5.26. The van der Waals surface area contributed by atoms with E-state index < -0.39 is 0 Å². The minimum absolute atomic E-state index is 0.0788. The van der Waals surface area contributed by atoms with Gasteiger partial charge in [0.1, 0.15) is 5.82 Å². The fraction of sp³-hybridized carbons (Fsp3) is 0.735.